The third-order valence-electron chi connectivity index (χ3n) is 2.73. The molecule has 2 heterocycles. The fraction of sp³-hybridized carbons (Fsp3) is 0.250. The Labute approximate surface area is 98.1 Å². The molecule has 5 heteroatoms. The minimum absolute atomic E-state index is 0.0337. The van der Waals surface area contributed by atoms with Gasteiger partial charge in [-0.3, -0.25) is 0 Å². The molecule has 3 rings (SSSR count). The van der Waals surface area contributed by atoms with E-state index in [9.17, 15) is 0 Å². The van der Waals surface area contributed by atoms with E-state index in [0.717, 1.165) is 16.8 Å². The molecule has 0 bridgehead atoms. The van der Waals surface area contributed by atoms with Gasteiger partial charge in [0.25, 0.3) is 0 Å². The van der Waals surface area contributed by atoms with Crippen LogP contribution in [0.2, 0.25) is 0 Å². The maximum atomic E-state index is 5.48. The van der Waals surface area contributed by atoms with Crippen LogP contribution in [-0.4, -0.2) is 18.6 Å². The van der Waals surface area contributed by atoms with Crippen molar-refractivity contribution in [2.45, 2.75) is 6.10 Å². The van der Waals surface area contributed by atoms with Crippen molar-refractivity contribution in [3.8, 4) is 11.3 Å². The summed E-state index contributed by atoms with van der Waals surface area (Å²) in [5.41, 5.74) is 8.28. The summed E-state index contributed by atoms with van der Waals surface area (Å²) >= 11 is 0. The summed E-state index contributed by atoms with van der Waals surface area (Å²) in [6, 6.07) is 9.63. The van der Waals surface area contributed by atoms with Crippen molar-refractivity contribution in [1.29, 1.82) is 0 Å². The highest BCUT2D eigenvalue weighted by atomic mass is 16.7. The second kappa shape index (κ2) is 4.20. The van der Waals surface area contributed by atoms with Gasteiger partial charge >= 0.3 is 0 Å². The number of nitrogens with zero attached hydrogens (tertiary/aromatic N) is 1. The number of hydrogen-bond acceptors (Lipinski definition) is 5. The summed E-state index contributed by atoms with van der Waals surface area (Å²) in [6.45, 7) is 0.975. The van der Waals surface area contributed by atoms with Crippen LogP contribution in [0.4, 0.5) is 5.88 Å². The average molecular weight is 232 g/mol. The van der Waals surface area contributed by atoms with Gasteiger partial charge in [0.2, 0.25) is 5.88 Å². The molecule has 1 saturated heterocycles. The van der Waals surface area contributed by atoms with Crippen LogP contribution in [0.5, 0.6) is 0 Å². The van der Waals surface area contributed by atoms with E-state index >= 15 is 0 Å². The number of ether oxygens (including phenoxy) is 2. The van der Waals surface area contributed by atoms with Crippen molar-refractivity contribution in [2.75, 3.05) is 19.1 Å². The lowest BCUT2D eigenvalue weighted by Gasteiger charge is -2.07. The summed E-state index contributed by atoms with van der Waals surface area (Å²) in [6.07, 6.45) is 0.0337. The Balaban J connectivity index is 1.84. The Morgan fingerprint density at radius 1 is 1.24 bits per heavy atom. The summed E-state index contributed by atoms with van der Waals surface area (Å²) in [5.74, 6) is 0.316. The zero-order valence-electron chi connectivity index (χ0n) is 9.13. The maximum Gasteiger partial charge on any atom is 0.222 e. The van der Waals surface area contributed by atoms with E-state index in [0.29, 0.717) is 19.3 Å². The van der Waals surface area contributed by atoms with Gasteiger partial charge in [-0.1, -0.05) is 29.4 Å². The van der Waals surface area contributed by atoms with Crippen LogP contribution in [0, 0.1) is 0 Å². The standard InChI is InChI=1S/C12H12N2O3/c13-12-5-10(14-17-12)8-1-3-9(4-2-8)11-6-15-7-16-11/h1-5,11H,6-7,13H2. The summed E-state index contributed by atoms with van der Waals surface area (Å²) < 4.78 is 15.4. The van der Waals surface area contributed by atoms with Crippen molar-refractivity contribution < 1.29 is 14.0 Å². The van der Waals surface area contributed by atoms with Gasteiger partial charge in [0.15, 0.2) is 0 Å². The number of nitrogen functional groups attached to an aromatic ring is 1. The zero-order chi connectivity index (χ0) is 11.7. The molecular formula is C12H12N2O3. The number of benzene rings is 1. The molecule has 0 spiro atoms. The largest absolute Gasteiger partial charge is 0.368 e. The Hall–Kier alpha value is -1.85. The fourth-order valence-electron chi connectivity index (χ4n) is 1.82. The first-order valence-corrected chi connectivity index (χ1v) is 5.35. The van der Waals surface area contributed by atoms with Crippen LogP contribution in [-0.2, 0) is 9.47 Å². The molecule has 1 aromatic heterocycles. The smallest absolute Gasteiger partial charge is 0.222 e. The number of hydrogen-bond donors (Lipinski definition) is 1. The lowest BCUT2D eigenvalue weighted by atomic mass is 10.1. The molecule has 1 fully saturated rings. The number of rotatable bonds is 2. The Bertz CT molecular complexity index is 501. The van der Waals surface area contributed by atoms with Crippen molar-refractivity contribution >= 4 is 5.88 Å². The van der Waals surface area contributed by atoms with Gasteiger partial charge in [-0.15, -0.1) is 0 Å². The minimum atomic E-state index is 0.0337. The maximum absolute atomic E-state index is 5.48. The van der Waals surface area contributed by atoms with E-state index in [1.807, 2.05) is 24.3 Å². The first-order valence-electron chi connectivity index (χ1n) is 5.35. The van der Waals surface area contributed by atoms with E-state index in [-0.39, 0.29) is 6.10 Å². The van der Waals surface area contributed by atoms with Crippen molar-refractivity contribution in [1.82, 2.24) is 5.16 Å². The molecule has 0 saturated carbocycles. The molecule has 0 amide bonds. The molecule has 0 radical (unpaired) electrons. The molecule has 5 nitrogen and oxygen atoms in total. The first kappa shape index (κ1) is 10.3. The van der Waals surface area contributed by atoms with Crippen molar-refractivity contribution in [3.63, 3.8) is 0 Å². The van der Waals surface area contributed by atoms with E-state index in [1.54, 1.807) is 6.07 Å². The molecule has 1 atom stereocenters. The van der Waals surface area contributed by atoms with Gasteiger partial charge in [-0.2, -0.15) is 0 Å². The van der Waals surface area contributed by atoms with E-state index in [4.69, 9.17) is 19.7 Å². The van der Waals surface area contributed by atoms with E-state index < -0.39 is 0 Å². The number of nitrogens with two attached hydrogens (primary N) is 1. The van der Waals surface area contributed by atoms with Gasteiger partial charge < -0.3 is 19.7 Å². The van der Waals surface area contributed by atoms with Crippen molar-refractivity contribution in [3.05, 3.63) is 35.9 Å². The molecule has 2 N–H and O–H groups in total. The van der Waals surface area contributed by atoms with Gasteiger partial charge in [0.05, 0.1) is 6.61 Å². The monoisotopic (exact) mass is 232 g/mol. The molecular weight excluding hydrogens is 220 g/mol. The highest BCUT2D eigenvalue weighted by Crippen LogP contribution is 2.26. The van der Waals surface area contributed by atoms with Crippen molar-refractivity contribution in [2.24, 2.45) is 0 Å². The highest BCUT2D eigenvalue weighted by molar-refractivity contribution is 5.61. The van der Waals surface area contributed by atoms with Crippen LogP contribution in [0.15, 0.2) is 34.9 Å². The second-order valence-electron chi connectivity index (χ2n) is 3.88. The lowest BCUT2D eigenvalue weighted by molar-refractivity contribution is 0.0466. The van der Waals surface area contributed by atoms with Crippen LogP contribution in [0.25, 0.3) is 11.3 Å². The van der Waals surface area contributed by atoms with Crippen LogP contribution in [0.3, 0.4) is 0 Å². The van der Waals surface area contributed by atoms with Gasteiger partial charge in [0.1, 0.15) is 18.6 Å². The van der Waals surface area contributed by atoms with Crippen LogP contribution < -0.4 is 5.73 Å². The third kappa shape index (κ3) is 2.02. The van der Waals surface area contributed by atoms with Crippen LogP contribution >= 0.6 is 0 Å². The van der Waals surface area contributed by atoms with Gasteiger partial charge in [-0.25, -0.2) is 0 Å². The SMILES string of the molecule is Nc1cc(-c2ccc(C3COCO3)cc2)no1. The molecule has 0 aliphatic carbocycles. The Kier molecular flexibility index (Phi) is 2.55. The first-order chi connectivity index (χ1) is 8.33. The molecule has 1 aliphatic heterocycles. The third-order valence-corrected chi connectivity index (χ3v) is 2.73. The van der Waals surface area contributed by atoms with Gasteiger partial charge in [0, 0.05) is 11.6 Å². The average Bonchev–Trinajstić information content (AvgIpc) is 3.00. The Morgan fingerprint density at radius 2 is 2.06 bits per heavy atom. The molecule has 88 valence electrons. The molecule has 1 unspecified atom stereocenters. The predicted molar refractivity (Wildman–Crippen MR) is 61.0 cm³/mol. The predicted octanol–water partition coefficient (Wildman–Crippen LogP) is 1.97. The lowest BCUT2D eigenvalue weighted by Crippen LogP contribution is -1.98. The Morgan fingerprint density at radius 3 is 2.65 bits per heavy atom. The van der Waals surface area contributed by atoms with E-state index in [2.05, 4.69) is 5.16 Å². The van der Waals surface area contributed by atoms with E-state index in [1.165, 1.54) is 0 Å². The molecule has 2 aromatic rings. The quantitative estimate of drug-likeness (QED) is 0.857. The fourth-order valence-corrected chi connectivity index (χ4v) is 1.82. The number of aromatic nitrogens is 1. The zero-order valence-corrected chi connectivity index (χ0v) is 9.13. The normalized spacial score (nSPS) is 19.6. The number of anilines is 1. The van der Waals surface area contributed by atoms with Crippen LogP contribution in [0.1, 0.15) is 11.7 Å². The summed E-state index contributed by atoms with van der Waals surface area (Å²) in [7, 11) is 0. The topological polar surface area (TPSA) is 70.5 Å². The molecule has 17 heavy (non-hydrogen) atoms. The summed E-state index contributed by atoms with van der Waals surface area (Å²) in [5, 5.41) is 3.86. The summed E-state index contributed by atoms with van der Waals surface area (Å²) in [4.78, 5) is 0. The molecule has 1 aromatic carbocycles. The molecule has 1 aliphatic rings. The highest BCUT2D eigenvalue weighted by Gasteiger charge is 2.18. The van der Waals surface area contributed by atoms with Gasteiger partial charge in [-0.05, 0) is 5.56 Å². The minimum Gasteiger partial charge on any atom is -0.368 e. The second-order valence-corrected chi connectivity index (χ2v) is 3.88.